The number of para-hydroxylation sites is 1. The maximum Gasteiger partial charge on any atom is 0.573 e. The first kappa shape index (κ1) is 23.6. The van der Waals surface area contributed by atoms with E-state index in [9.17, 15) is 18.0 Å². The molecule has 4 rings (SSSR count). The second-order valence-corrected chi connectivity index (χ2v) is 7.35. The van der Waals surface area contributed by atoms with E-state index in [1.165, 1.54) is 22.4 Å². The number of nitrogens with one attached hydrogen (secondary N) is 2. The Bertz CT molecular complexity index is 1110. The number of ether oxygens (including phenoxy) is 1. The number of carbonyl (C=O) groups is 1. The van der Waals surface area contributed by atoms with Crippen molar-refractivity contribution in [2.75, 3.05) is 11.9 Å². The molecule has 0 fully saturated rings. The number of aromatic nitrogens is 2. The van der Waals surface area contributed by atoms with Crippen LogP contribution in [0, 0.1) is 6.92 Å². The first-order valence-electron chi connectivity index (χ1n) is 9.80. The Kier molecular flexibility index (Phi) is 7.10. The Labute approximate surface area is 189 Å². The van der Waals surface area contributed by atoms with E-state index < -0.39 is 6.36 Å². The van der Waals surface area contributed by atoms with Crippen molar-refractivity contribution in [3.63, 3.8) is 0 Å². The number of halogens is 4. The maximum absolute atomic E-state index is 12.7. The fraction of sp³-hybridized carbons (Fsp3) is 0.273. The van der Waals surface area contributed by atoms with Gasteiger partial charge in [-0.15, -0.1) is 25.6 Å². The van der Waals surface area contributed by atoms with Gasteiger partial charge in [-0.05, 0) is 49.2 Å². The minimum atomic E-state index is -4.78. The number of hydrogen-bond acceptors (Lipinski definition) is 4. The maximum atomic E-state index is 12.7. The van der Waals surface area contributed by atoms with Crippen LogP contribution < -0.4 is 15.4 Å². The van der Waals surface area contributed by atoms with Gasteiger partial charge in [-0.2, -0.15) is 5.10 Å². The highest BCUT2D eigenvalue weighted by atomic mass is 35.5. The Balaban J connectivity index is 0.00000289. The third-order valence-corrected chi connectivity index (χ3v) is 5.10. The SMILES string of the molecule is Cc1cc(NC(=O)c2ccc3c(c2)CCNC3)nn1Cc1ccccc1OC(F)(F)F.Cl. The fourth-order valence-electron chi connectivity index (χ4n) is 3.56. The lowest BCUT2D eigenvalue weighted by atomic mass is 9.98. The van der Waals surface area contributed by atoms with Gasteiger partial charge in [0.1, 0.15) is 5.75 Å². The molecule has 1 amide bonds. The molecule has 1 aliphatic rings. The summed E-state index contributed by atoms with van der Waals surface area (Å²) >= 11 is 0. The Hall–Kier alpha value is -3.04. The molecule has 3 aromatic rings. The number of aryl methyl sites for hydroxylation is 1. The molecule has 2 aromatic carbocycles. The summed E-state index contributed by atoms with van der Waals surface area (Å²) in [5, 5.41) is 10.4. The van der Waals surface area contributed by atoms with Crippen molar-refractivity contribution in [2.24, 2.45) is 0 Å². The summed E-state index contributed by atoms with van der Waals surface area (Å²) < 4.78 is 43.6. The molecule has 1 aromatic heterocycles. The molecule has 6 nitrogen and oxygen atoms in total. The number of fused-ring (bicyclic) bond motifs is 1. The van der Waals surface area contributed by atoms with E-state index in [-0.39, 0.29) is 30.6 Å². The van der Waals surface area contributed by atoms with Crippen LogP contribution in [0.4, 0.5) is 19.0 Å². The fourth-order valence-corrected chi connectivity index (χ4v) is 3.56. The summed E-state index contributed by atoms with van der Waals surface area (Å²) in [6, 6.07) is 13.2. The summed E-state index contributed by atoms with van der Waals surface area (Å²) in [4.78, 5) is 12.7. The second kappa shape index (κ2) is 9.62. The predicted octanol–water partition coefficient (Wildman–Crippen LogP) is 4.46. The lowest BCUT2D eigenvalue weighted by molar-refractivity contribution is -0.274. The van der Waals surface area contributed by atoms with Crippen LogP contribution in [0.25, 0.3) is 0 Å². The van der Waals surface area contributed by atoms with E-state index >= 15 is 0 Å². The molecule has 0 aliphatic carbocycles. The van der Waals surface area contributed by atoms with E-state index in [0.29, 0.717) is 22.6 Å². The van der Waals surface area contributed by atoms with Crippen molar-refractivity contribution >= 4 is 24.1 Å². The average Bonchev–Trinajstić information content (AvgIpc) is 3.06. The van der Waals surface area contributed by atoms with Gasteiger partial charge < -0.3 is 15.4 Å². The van der Waals surface area contributed by atoms with E-state index in [4.69, 9.17) is 0 Å². The summed E-state index contributed by atoms with van der Waals surface area (Å²) in [6.07, 6.45) is -3.91. The van der Waals surface area contributed by atoms with E-state index in [2.05, 4.69) is 20.5 Å². The number of benzene rings is 2. The van der Waals surface area contributed by atoms with Crippen molar-refractivity contribution in [1.29, 1.82) is 0 Å². The molecule has 0 spiro atoms. The van der Waals surface area contributed by atoms with Crippen LogP contribution in [0.5, 0.6) is 5.75 Å². The molecule has 0 radical (unpaired) electrons. The highest BCUT2D eigenvalue weighted by Crippen LogP contribution is 2.27. The Morgan fingerprint density at radius 1 is 1.19 bits per heavy atom. The van der Waals surface area contributed by atoms with Crippen LogP contribution in [0.2, 0.25) is 0 Å². The van der Waals surface area contributed by atoms with Gasteiger partial charge in [-0.3, -0.25) is 9.48 Å². The highest BCUT2D eigenvalue weighted by Gasteiger charge is 2.32. The zero-order valence-electron chi connectivity index (χ0n) is 17.2. The van der Waals surface area contributed by atoms with Crippen LogP contribution in [0.15, 0.2) is 48.5 Å². The smallest absolute Gasteiger partial charge is 0.405 e. The van der Waals surface area contributed by atoms with E-state index in [0.717, 1.165) is 25.1 Å². The number of anilines is 1. The molecule has 0 atom stereocenters. The van der Waals surface area contributed by atoms with Crippen LogP contribution >= 0.6 is 12.4 Å². The van der Waals surface area contributed by atoms with Crippen molar-refractivity contribution in [2.45, 2.75) is 32.8 Å². The first-order valence-corrected chi connectivity index (χ1v) is 9.80. The second-order valence-electron chi connectivity index (χ2n) is 7.35. The Morgan fingerprint density at radius 2 is 1.97 bits per heavy atom. The zero-order chi connectivity index (χ0) is 22.0. The van der Waals surface area contributed by atoms with Gasteiger partial charge in [-0.25, -0.2) is 0 Å². The molecule has 0 saturated carbocycles. The molecule has 32 heavy (non-hydrogen) atoms. The van der Waals surface area contributed by atoms with Crippen molar-refractivity contribution in [3.05, 3.63) is 76.5 Å². The summed E-state index contributed by atoms with van der Waals surface area (Å²) in [7, 11) is 0. The van der Waals surface area contributed by atoms with Crippen molar-refractivity contribution < 1.29 is 22.7 Å². The van der Waals surface area contributed by atoms with Gasteiger partial charge in [-0.1, -0.05) is 24.3 Å². The van der Waals surface area contributed by atoms with E-state index in [1.54, 1.807) is 31.2 Å². The van der Waals surface area contributed by atoms with Crippen molar-refractivity contribution in [1.82, 2.24) is 15.1 Å². The Morgan fingerprint density at radius 3 is 2.75 bits per heavy atom. The molecule has 1 aliphatic heterocycles. The van der Waals surface area contributed by atoms with Gasteiger partial charge in [0.2, 0.25) is 0 Å². The summed E-state index contributed by atoms with van der Waals surface area (Å²) in [5.74, 6) is -0.234. The largest absolute Gasteiger partial charge is 0.573 e. The number of alkyl halides is 3. The number of nitrogens with zero attached hydrogens (tertiary/aromatic N) is 2. The molecule has 0 unspecified atom stereocenters. The predicted molar refractivity (Wildman–Crippen MR) is 116 cm³/mol. The third-order valence-electron chi connectivity index (χ3n) is 5.10. The highest BCUT2D eigenvalue weighted by molar-refractivity contribution is 6.04. The molecular formula is C22H22ClF3N4O2. The van der Waals surface area contributed by atoms with Gasteiger partial charge in [0.25, 0.3) is 5.91 Å². The van der Waals surface area contributed by atoms with Gasteiger partial charge >= 0.3 is 6.36 Å². The zero-order valence-corrected chi connectivity index (χ0v) is 18.0. The molecule has 2 N–H and O–H groups in total. The minimum absolute atomic E-state index is 0. The van der Waals surface area contributed by atoms with E-state index in [1.807, 2.05) is 12.1 Å². The lowest BCUT2D eigenvalue weighted by Gasteiger charge is -2.17. The summed E-state index contributed by atoms with van der Waals surface area (Å²) in [6.45, 7) is 3.50. The van der Waals surface area contributed by atoms with Gasteiger partial charge in [0, 0.05) is 29.4 Å². The van der Waals surface area contributed by atoms with Crippen LogP contribution in [0.1, 0.15) is 32.7 Å². The monoisotopic (exact) mass is 466 g/mol. The molecule has 170 valence electrons. The number of carbonyl (C=O) groups excluding carboxylic acids is 1. The van der Waals surface area contributed by atoms with Gasteiger partial charge in [0.05, 0.1) is 6.54 Å². The number of rotatable bonds is 5. The number of hydrogen-bond donors (Lipinski definition) is 2. The van der Waals surface area contributed by atoms with Gasteiger partial charge in [0.15, 0.2) is 5.82 Å². The first-order chi connectivity index (χ1) is 14.8. The number of amides is 1. The van der Waals surface area contributed by atoms with Crippen molar-refractivity contribution in [3.8, 4) is 5.75 Å². The topological polar surface area (TPSA) is 68.2 Å². The normalized spacial score (nSPS) is 13.1. The molecule has 2 heterocycles. The molecule has 0 bridgehead atoms. The average molecular weight is 467 g/mol. The van der Waals surface area contributed by atoms with Crippen LogP contribution in [0.3, 0.4) is 0 Å². The lowest BCUT2D eigenvalue weighted by Crippen LogP contribution is -2.24. The molecule has 10 heteroatoms. The molecule has 0 saturated heterocycles. The van der Waals surface area contributed by atoms with Crippen LogP contribution in [-0.2, 0) is 19.5 Å². The quantitative estimate of drug-likeness (QED) is 0.582. The standard InChI is InChI=1S/C22H21F3N4O2.ClH/c1-14-10-20(27-21(30)16-6-7-17-12-26-9-8-15(17)11-16)28-29(14)13-18-4-2-3-5-19(18)31-22(23,24)25;/h2-7,10-11,26H,8-9,12-13H2,1H3,(H,27,28,30);1H. The van der Waals surface area contributed by atoms with Crippen LogP contribution in [-0.4, -0.2) is 28.6 Å². The summed E-state index contributed by atoms with van der Waals surface area (Å²) in [5.41, 5.74) is 3.88. The molecular weight excluding hydrogens is 445 g/mol. The minimum Gasteiger partial charge on any atom is -0.405 e. The third kappa shape index (κ3) is 5.60.